The van der Waals surface area contributed by atoms with Crippen molar-refractivity contribution < 1.29 is 14.0 Å². The molecule has 0 bridgehead atoms. The summed E-state index contributed by atoms with van der Waals surface area (Å²) in [5.41, 5.74) is 3.26. The molecular weight excluding hydrogens is 418 g/mol. The molecule has 4 aromatic rings. The lowest BCUT2D eigenvalue weighted by Crippen LogP contribution is -2.40. The van der Waals surface area contributed by atoms with Gasteiger partial charge in [0.05, 0.1) is 6.20 Å². The van der Waals surface area contributed by atoms with E-state index in [0.717, 1.165) is 48.9 Å². The number of nitrogens with one attached hydrogen (secondary N) is 1. The summed E-state index contributed by atoms with van der Waals surface area (Å²) in [5, 5.41) is 3.90. The van der Waals surface area contributed by atoms with Gasteiger partial charge in [0.25, 0.3) is 11.8 Å². The minimum atomic E-state index is -0.192. The lowest BCUT2D eigenvalue weighted by molar-refractivity contribution is 0.0663. The van der Waals surface area contributed by atoms with E-state index < -0.39 is 0 Å². The van der Waals surface area contributed by atoms with E-state index in [9.17, 15) is 9.59 Å². The predicted octanol–water partition coefficient (Wildman–Crippen LogP) is 3.46. The van der Waals surface area contributed by atoms with E-state index >= 15 is 0 Å². The quantitative estimate of drug-likeness (QED) is 0.522. The second-order valence-corrected chi connectivity index (χ2v) is 9.39. The number of hydrogen-bond donors (Lipinski definition) is 1. The first-order valence-electron chi connectivity index (χ1n) is 11.4. The van der Waals surface area contributed by atoms with Crippen molar-refractivity contribution in [1.29, 1.82) is 0 Å². The van der Waals surface area contributed by atoms with Crippen molar-refractivity contribution in [1.82, 2.24) is 24.6 Å². The highest BCUT2D eigenvalue weighted by Crippen LogP contribution is 2.59. The number of likely N-dealkylation sites (tertiary alicyclic amines) is 1. The summed E-state index contributed by atoms with van der Waals surface area (Å²) in [6.45, 7) is 4.11. The second-order valence-electron chi connectivity index (χ2n) is 9.39. The van der Waals surface area contributed by atoms with Gasteiger partial charge in [-0.05, 0) is 61.3 Å². The Bertz CT molecular complexity index is 1350. The largest absolute Gasteiger partial charge is 0.449 e. The van der Waals surface area contributed by atoms with Crippen LogP contribution in [0.15, 0.2) is 53.5 Å². The van der Waals surface area contributed by atoms with Gasteiger partial charge in [0, 0.05) is 43.6 Å². The van der Waals surface area contributed by atoms with Crippen LogP contribution in [0.3, 0.4) is 0 Å². The second kappa shape index (κ2) is 7.43. The number of hydrogen-bond acceptors (Lipinski definition) is 5. The van der Waals surface area contributed by atoms with Gasteiger partial charge in [0.1, 0.15) is 11.3 Å². The van der Waals surface area contributed by atoms with Gasteiger partial charge in [0.15, 0.2) is 11.3 Å². The number of piperidine rings is 1. The molecule has 1 spiro atoms. The lowest BCUT2D eigenvalue weighted by Gasteiger charge is -2.32. The predicted molar refractivity (Wildman–Crippen MR) is 122 cm³/mol. The molecular formula is C25H25N5O3. The summed E-state index contributed by atoms with van der Waals surface area (Å²) in [7, 11) is 0. The molecule has 8 heteroatoms. The molecule has 1 saturated heterocycles. The maximum Gasteiger partial charge on any atom is 0.287 e. The van der Waals surface area contributed by atoms with Gasteiger partial charge in [-0.2, -0.15) is 0 Å². The van der Waals surface area contributed by atoms with E-state index in [1.165, 1.54) is 0 Å². The highest BCUT2D eigenvalue weighted by atomic mass is 16.3. The zero-order valence-electron chi connectivity index (χ0n) is 18.5. The zero-order valence-corrected chi connectivity index (χ0v) is 18.5. The van der Waals surface area contributed by atoms with Crippen LogP contribution >= 0.6 is 0 Å². The molecule has 1 atom stereocenters. The Hall–Kier alpha value is -3.68. The average Bonchev–Trinajstić information content (AvgIpc) is 3.16. The highest BCUT2D eigenvalue weighted by molar-refractivity contribution is 5.96. The third kappa shape index (κ3) is 3.55. The Labute approximate surface area is 190 Å². The van der Waals surface area contributed by atoms with E-state index in [-0.39, 0.29) is 17.2 Å². The molecule has 1 N–H and O–H groups in total. The number of imidazole rings is 1. The highest BCUT2D eigenvalue weighted by Gasteiger charge is 2.54. The summed E-state index contributed by atoms with van der Waals surface area (Å²) < 4.78 is 7.51. The number of fused-ring (bicyclic) bond motifs is 2. The number of pyridine rings is 2. The standard InChI is InChI=1S/C25H25N5O3/c1-16-2-3-22-28-19(15-30(22)14-16)24(32)29-8-5-25(6-9-29)11-18(25)12-27-23(31)20-10-17-4-7-26-13-21(17)33-20/h2-4,7,10,13-15,18H,5-6,8-9,11-12H2,1H3,(H,27,31). The van der Waals surface area contributed by atoms with Crippen LogP contribution in [0.5, 0.6) is 0 Å². The van der Waals surface area contributed by atoms with Gasteiger partial charge in [-0.3, -0.25) is 14.6 Å². The minimum Gasteiger partial charge on any atom is -0.449 e. The van der Waals surface area contributed by atoms with Crippen LogP contribution < -0.4 is 5.32 Å². The number of aromatic nitrogens is 3. The normalized spacial score (nSPS) is 19.3. The molecule has 0 aromatic carbocycles. The van der Waals surface area contributed by atoms with Crippen molar-refractivity contribution in [2.24, 2.45) is 11.3 Å². The van der Waals surface area contributed by atoms with Crippen molar-refractivity contribution >= 4 is 28.4 Å². The van der Waals surface area contributed by atoms with Crippen molar-refractivity contribution in [3.8, 4) is 0 Å². The molecule has 5 heterocycles. The molecule has 8 nitrogen and oxygen atoms in total. The molecule has 168 valence electrons. The molecule has 1 aliphatic carbocycles. The summed E-state index contributed by atoms with van der Waals surface area (Å²) in [4.78, 5) is 35.9. The first-order valence-corrected chi connectivity index (χ1v) is 11.4. The molecule has 1 aliphatic heterocycles. The molecule has 0 radical (unpaired) electrons. The number of carbonyl (C=O) groups excluding carboxylic acids is 2. The Kier molecular flexibility index (Phi) is 4.50. The fourth-order valence-corrected chi connectivity index (χ4v) is 5.16. The smallest absolute Gasteiger partial charge is 0.287 e. The van der Waals surface area contributed by atoms with Crippen LogP contribution in [0, 0.1) is 18.3 Å². The number of carbonyl (C=O) groups is 2. The Morgan fingerprint density at radius 2 is 2.06 bits per heavy atom. The first kappa shape index (κ1) is 20.0. The van der Waals surface area contributed by atoms with Gasteiger partial charge < -0.3 is 19.0 Å². The number of furan rings is 1. The van der Waals surface area contributed by atoms with E-state index in [2.05, 4.69) is 15.3 Å². The third-order valence-electron chi connectivity index (χ3n) is 7.28. The molecule has 6 rings (SSSR count). The number of aryl methyl sites for hydroxylation is 1. The van der Waals surface area contributed by atoms with Crippen molar-refractivity contribution in [2.75, 3.05) is 19.6 Å². The van der Waals surface area contributed by atoms with Crippen LogP contribution in [0.2, 0.25) is 0 Å². The molecule has 33 heavy (non-hydrogen) atoms. The fraction of sp³-hybridized carbons (Fsp3) is 0.360. The van der Waals surface area contributed by atoms with Gasteiger partial charge in [-0.15, -0.1) is 0 Å². The maximum atomic E-state index is 13.0. The molecule has 2 amide bonds. The van der Waals surface area contributed by atoms with Crippen molar-refractivity contribution in [2.45, 2.75) is 26.2 Å². The van der Waals surface area contributed by atoms with Gasteiger partial charge >= 0.3 is 0 Å². The van der Waals surface area contributed by atoms with Crippen molar-refractivity contribution in [3.05, 3.63) is 66.1 Å². The molecule has 2 aliphatic rings. The number of rotatable bonds is 4. The zero-order chi connectivity index (χ0) is 22.6. The summed E-state index contributed by atoms with van der Waals surface area (Å²) in [6, 6.07) is 7.51. The molecule has 1 saturated carbocycles. The van der Waals surface area contributed by atoms with Crippen LogP contribution in [-0.4, -0.2) is 50.7 Å². The summed E-state index contributed by atoms with van der Waals surface area (Å²) >= 11 is 0. The maximum absolute atomic E-state index is 13.0. The van der Waals surface area contributed by atoms with E-state index in [0.29, 0.717) is 29.5 Å². The van der Waals surface area contributed by atoms with Crippen LogP contribution in [0.4, 0.5) is 0 Å². The minimum absolute atomic E-state index is 0.00363. The van der Waals surface area contributed by atoms with E-state index in [1.807, 2.05) is 46.8 Å². The number of nitrogens with zero attached hydrogens (tertiary/aromatic N) is 4. The SMILES string of the molecule is Cc1ccc2nc(C(=O)N3CCC4(CC3)CC4CNC(=O)c3cc4ccncc4o3)cn2c1. The molecule has 1 unspecified atom stereocenters. The fourth-order valence-electron chi connectivity index (χ4n) is 5.16. The Morgan fingerprint density at radius 3 is 2.88 bits per heavy atom. The van der Waals surface area contributed by atoms with Gasteiger partial charge in [0.2, 0.25) is 0 Å². The summed E-state index contributed by atoms with van der Waals surface area (Å²) in [5.74, 6) is 0.567. The molecule has 4 aromatic heterocycles. The summed E-state index contributed by atoms with van der Waals surface area (Å²) in [6.07, 6.45) is 10.1. The Morgan fingerprint density at radius 1 is 1.21 bits per heavy atom. The topological polar surface area (TPSA) is 92.7 Å². The Balaban J connectivity index is 1.04. The lowest BCUT2D eigenvalue weighted by atomic mass is 9.90. The van der Waals surface area contributed by atoms with E-state index in [4.69, 9.17) is 4.42 Å². The van der Waals surface area contributed by atoms with Crippen LogP contribution in [-0.2, 0) is 0 Å². The average molecular weight is 444 g/mol. The first-order chi connectivity index (χ1) is 16.0. The number of amides is 2. The monoisotopic (exact) mass is 443 g/mol. The molecule has 2 fully saturated rings. The van der Waals surface area contributed by atoms with Crippen LogP contribution in [0.1, 0.15) is 45.9 Å². The third-order valence-corrected chi connectivity index (χ3v) is 7.28. The van der Waals surface area contributed by atoms with Gasteiger partial charge in [-0.1, -0.05) is 6.07 Å². The van der Waals surface area contributed by atoms with Gasteiger partial charge in [-0.25, -0.2) is 4.98 Å². The van der Waals surface area contributed by atoms with E-state index in [1.54, 1.807) is 18.5 Å². The van der Waals surface area contributed by atoms with Crippen LogP contribution in [0.25, 0.3) is 16.6 Å². The van der Waals surface area contributed by atoms with Crippen molar-refractivity contribution in [3.63, 3.8) is 0 Å².